The molecule has 1 atom stereocenters. The summed E-state index contributed by atoms with van der Waals surface area (Å²) in [6.45, 7) is 1.80. The van der Waals surface area contributed by atoms with E-state index < -0.39 is 5.82 Å². The molecule has 0 fully saturated rings. The van der Waals surface area contributed by atoms with Gasteiger partial charge in [-0.1, -0.05) is 23.7 Å². The molecule has 2 aromatic carbocycles. The van der Waals surface area contributed by atoms with Gasteiger partial charge in [0.1, 0.15) is 5.82 Å². The summed E-state index contributed by atoms with van der Waals surface area (Å²) in [6.07, 6.45) is 0.213. The lowest BCUT2D eigenvalue weighted by molar-refractivity contribution is -0.121. The van der Waals surface area contributed by atoms with E-state index in [0.717, 1.165) is 0 Å². The molecule has 2 aromatic rings. The molecule has 2 amide bonds. The Hall–Kier alpha value is -2.40. The van der Waals surface area contributed by atoms with E-state index >= 15 is 0 Å². The van der Waals surface area contributed by atoms with Crippen LogP contribution in [0.4, 0.5) is 4.39 Å². The van der Waals surface area contributed by atoms with Crippen LogP contribution in [0.25, 0.3) is 11.1 Å². The van der Waals surface area contributed by atoms with Crippen LogP contribution in [-0.4, -0.2) is 36.9 Å². The highest BCUT2D eigenvalue weighted by Gasteiger charge is 2.20. The normalized spacial score (nSPS) is 11.7. The maximum atomic E-state index is 14.1. The zero-order valence-corrected chi connectivity index (χ0v) is 15.1. The molecule has 132 valence electrons. The van der Waals surface area contributed by atoms with Crippen molar-refractivity contribution in [1.82, 2.24) is 10.2 Å². The fourth-order valence-corrected chi connectivity index (χ4v) is 2.61. The first-order chi connectivity index (χ1) is 11.8. The predicted molar refractivity (Wildman–Crippen MR) is 97.1 cm³/mol. The third-order valence-corrected chi connectivity index (χ3v) is 4.33. The summed E-state index contributed by atoms with van der Waals surface area (Å²) < 4.78 is 14.1. The van der Waals surface area contributed by atoms with Crippen molar-refractivity contribution in [3.05, 3.63) is 58.9 Å². The molecular formula is C19H20ClFN2O2. The monoisotopic (exact) mass is 362 g/mol. The van der Waals surface area contributed by atoms with Gasteiger partial charge in [0.2, 0.25) is 5.91 Å². The van der Waals surface area contributed by atoms with Crippen LogP contribution < -0.4 is 5.32 Å². The van der Waals surface area contributed by atoms with Gasteiger partial charge in [-0.15, -0.1) is 0 Å². The second-order valence-electron chi connectivity index (χ2n) is 5.85. The Kier molecular flexibility index (Phi) is 6.15. The molecule has 0 aromatic heterocycles. The molecule has 0 saturated carbocycles. The predicted octanol–water partition coefficient (Wildman–Crippen LogP) is 3.74. The van der Waals surface area contributed by atoms with Crippen LogP contribution in [0.2, 0.25) is 5.02 Å². The molecule has 0 spiro atoms. The van der Waals surface area contributed by atoms with Gasteiger partial charge in [-0.3, -0.25) is 9.59 Å². The number of nitrogens with one attached hydrogen (secondary N) is 1. The standard InChI is InChI=1S/C19H20ClFN2O2/c1-12(9-18(24)22-2)23(3)19(25)14-6-4-5-13(10-14)16-8-7-15(20)11-17(16)21/h4-8,10-12H,9H2,1-3H3,(H,22,24). The van der Waals surface area contributed by atoms with E-state index in [9.17, 15) is 14.0 Å². The highest BCUT2D eigenvalue weighted by Crippen LogP contribution is 2.26. The molecule has 0 aliphatic carbocycles. The fourth-order valence-electron chi connectivity index (χ4n) is 2.45. The smallest absolute Gasteiger partial charge is 0.253 e. The zero-order chi connectivity index (χ0) is 18.6. The first-order valence-electron chi connectivity index (χ1n) is 7.86. The van der Waals surface area contributed by atoms with Gasteiger partial charge in [-0.2, -0.15) is 0 Å². The minimum atomic E-state index is -0.446. The molecule has 1 N–H and O–H groups in total. The summed E-state index contributed by atoms with van der Waals surface area (Å²) in [5, 5.41) is 2.86. The SMILES string of the molecule is CNC(=O)CC(C)N(C)C(=O)c1cccc(-c2ccc(Cl)cc2F)c1. The van der Waals surface area contributed by atoms with Gasteiger partial charge in [0.25, 0.3) is 5.91 Å². The third kappa shape index (κ3) is 4.57. The van der Waals surface area contributed by atoms with Crippen LogP contribution in [0.5, 0.6) is 0 Å². The topological polar surface area (TPSA) is 49.4 Å². The number of nitrogens with zero attached hydrogens (tertiary/aromatic N) is 1. The Balaban J connectivity index is 2.25. The molecule has 0 bridgehead atoms. The summed E-state index contributed by atoms with van der Waals surface area (Å²) in [4.78, 5) is 25.7. The third-order valence-electron chi connectivity index (χ3n) is 4.09. The van der Waals surface area contributed by atoms with Crippen LogP contribution in [0.3, 0.4) is 0 Å². The molecule has 2 rings (SSSR count). The van der Waals surface area contributed by atoms with Crippen LogP contribution in [0, 0.1) is 5.82 Å². The highest BCUT2D eigenvalue weighted by molar-refractivity contribution is 6.30. The van der Waals surface area contributed by atoms with E-state index in [0.29, 0.717) is 21.7 Å². The van der Waals surface area contributed by atoms with E-state index in [2.05, 4.69) is 5.32 Å². The number of amides is 2. The van der Waals surface area contributed by atoms with Gasteiger partial charge in [0, 0.05) is 42.7 Å². The first kappa shape index (κ1) is 18.9. The van der Waals surface area contributed by atoms with Crippen molar-refractivity contribution in [2.45, 2.75) is 19.4 Å². The van der Waals surface area contributed by atoms with Crippen molar-refractivity contribution >= 4 is 23.4 Å². The lowest BCUT2D eigenvalue weighted by Crippen LogP contribution is -2.38. The van der Waals surface area contributed by atoms with Crippen molar-refractivity contribution < 1.29 is 14.0 Å². The Labute approximate surface area is 151 Å². The van der Waals surface area contributed by atoms with Gasteiger partial charge in [-0.05, 0) is 42.8 Å². The van der Waals surface area contributed by atoms with E-state index in [-0.39, 0.29) is 24.3 Å². The number of carbonyl (C=O) groups excluding carboxylic acids is 2. The molecule has 0 saturated heterocycles. The van der Waals surface area contributed by atoms with Gasteiger partial charge < -0.3 is 10.2 Å². The minimum Gasteiger partial charge on any atom is -0.359 e. The van der Waals surface area contributed by atoms with Gasteiger partial charge in [0.15, 0.2) is 0 Å². The number of hydrogen-bond acceptors (Lipinski definition) is 2. The largest absolute Gasteiger partial charge is 0.359 e. The number of carbonyl (C=O) groups is 2. The molecule has 6 heteroatoms. The second kappa shape index (κ2) is 8.12. The van der Waals surface area contributed by atoms with E-state index in [1.54, 1.807) is 57.4 Å². The summed E-state index contributed by atoms with van der Waals surface area (Å²) in [6, 6.07) is 10.9. The van der Waals surface area contributed by atoms with E-state index in [4.69, 9.17) is 11.6 Å². The van der Waals surface area contributed by atoms with E-state index in [1.807, 2.05) is 0 Å². The molecule has 4 nitrogen and oxygen atoms in total. The second-order valence-corrected chi connectivity index (χ2v) is 6.28. The summed E-state index contributed by atoms with van der Waals surface area (Å²) >= 11 is 5.78. The average molecular weight is 363 g/mol. The molecule has 0 radical (unpaired) electrons. The van der Waals surface area contributed by atoms with Gasteiger partial charge >= 0.3 is 0 Å². The molecular weight excluding hydrogens is 343 g/mol. The quantitative estimate of drug-likeness (QED) is 0.880. The number of halogens is 2. The van der Waals surface area contributed by atoms with Crippen LogP contribution in [-0.2, 0) is 4.79 Å². The lowest BCUT2D eigenvalue weighted by atomic mass is 10.0. The summed E-state index contributed by atoms with van der Waals surface area (Å²) in [5.41, 5.74) is 1.39. The van der Waals surface area contributed by atoms with Gasteiger partial charge in [0.05, 0.1) is 0 Å². The Morgan fingerprint density at radius 1 is 1.24 bits per heavy atom. The van der Waals surface area contributed by atoms with E-state index in [1.165, 1.54) is 11.0 Å². The first-order valence-corrected chi connectivity index (χ1v) is 8.24. The highest BCUT2D eigenvalue weighted by atomic mass is 35.5. The van der Waals surface area contributed by atoms with Crippen LogP contribution >= 0.6 is 11.6 Å². The zero-order valence-electron chi connectivity index (χ0n) is 14.3. The Morgan fingerprint density at radius 2 is 1.96 bits per heavy atom. The minimum absolute atomic E-state index is 0.135. The Morgan fingerprint density at radius 3 is 2.60 bits per heavy atom. The number of rotatable bonds is 5. The van der Waals surface area contributed by atoms with Crippen molar-refractivity contribution in [3.63, 3.8) is 0 Å². The summed E-state index contributed by atoms with van der Waals surface area (Å²) in [5.74, 6) is -0.810. The van der Waals surface area contributed by atoms with Crippen molar-refractivity contribution in [2.24, 2.45) is 0 Å². The molecule has 25 heavy (non-hydrogen) atoms. The fraction of sp³-hybridized carbons (Fsp3) is 0.263. The van der Waals surface area contributed by atoms with Crippen LogP contribution in [0.15, 0.2) is 42.5 Å². The Bertz CT molecular complexity index is 795. The number of benzene rings is 2. The van der Waals surface area contributed by atoms with Crippen LogP contribution in [0.1, 0.15) is 23.7 Å². The maximum Gasteiger partial charge on any atom is 0.253 e. The lowest BCUT2D eigenvalue weighted by Gasteiger charge is -2.24. The molecule has 0 aliphatic rings. The van der Waals surface area contributed by atoms with Crippen molar-refractivity contribution in [3.8, 4) is 11.1 Å². The molecule has 1 unspecified atom stereocenters. The number of hydrogen-bond donors (Lipinski definition) is 1. The van der Waals surface area contributed by atoms with Gasteiger partial charge in [-0.25, -0.2) is 4.39 Å². The molecule has 0 aliphatic heterocycles. The average Bonchev–Trinajstić information content (AvgIpc) is 2.60. The van der Waals surface area contributed by atoms with Crippen molar-refractivity contribution in [1.29, 1.82) is 0 Å². The summed E-state index contributed by atoms with van der Waals surface area (Å²) in [7, 11) is 3.20. The maximum absolute atomic E-state index is 14.1. The molecule has 0 heterocycles. The van der Waals surface area contributed by atoms with Crippen molar-refractivity contribution in [2.75, 3.05) is 14.1 Å².